The van der Waals surface area contributed by atoms with E-state index in [4.69, 9.17) is 4.74 Å². The van der Waals surface area contributed by atoms with Crippen LogP contribution in [-0.4, -0.2) is 7.11 Å². The highest BCUT2D eigenvalue weighted by atomic mass is 31.0. The Kier molecular flexibility index (Phi) is 4.27. The van der Waals surface area contributed by atoms with Crippen molar-refractivity contribution in [3.63, 3.8) is 0 Å². The Morgan fingerprint density at radius 3 is 2.00 bits per heavy atom. The normalized spacial score (nSPS) is 10.5. The third-order valence-corrected chi connectivity index (χ3v) is 4.30. The molecule has 1 unspecified atom stereocenters. The number of aryl methyl sites for hydroxylation is 1. The zero-order valence-electron chi connectivity index (χ0n) is 12.8. The molecule has 1 atom stereocenters. The van der Waals surface area contributed by atoms with Gasteiger partial charge in [0.15, 0.2) is 0 Å². The fourth-order valence-electron chi connectivity index (χ4n) is 2.69. The number of hydrogen-bond donors (Lipinski definition) is 0. The van der Waals surface area contributed by atoms with Crippen molar-refractivity contribution in [3.05, 3.63) is 72.3 Å². The molecule has 1 nitrogen and oxygen atoms in total. The zero-order chi connectivity index (χ0) is 15.5. The first-order chi connectivity index (χ1) is 10.7. The van der Waals surface area contributed by atoms with Gasteiger partial charge in [0.1, 0.15) is 5.75 Å². The van der Waals surface area contributed by atoms with Crippen LogP contribution < -0.4 is 10.0 Å². The molecule has 0 N–H and O–H groups in total. The van der Waals surface area contributed by atoms with E-state index in [0.717, 1.165) is 11.3 Å². The molecule has 0 spiro atoms. The molecular weight excluding hydrogens is 287 g/mol. The number of benzene rings is 3. The second-order valence-electron chi connectivity index (χ2n) is 5.34. The first-order valence-corrected chi connectivity index (χ1v) is 7.87. The molecule has 0 saturated heterocycles. The second-order valence-corrected chi connectivity index (χ2v) is 5.96. The molecule has 110 valence electrons. The van der Waals surface area contributed by atoms with Gasteiger partial charge < -0.3 is 4.74 Å². The molecule has 0 aliphatic rings. The quantitative estimate of drug-likeness (QED) is 0.629. The van der Waals surface area contributed by atoms with Crippen LogP contribution in [0.15, 0.2) is 66.7 Å². The van der Waals surface area contributed by atoms with Gasteiger partial charge >= 0.3 is 0 Å². The molecule has 0 bridgehead atoms. The lowest BCUT2D eigenvalue weighted by Gasteiger charge is -2.17. The van der Waals surface area contributed by atoms with Gasteiger partial charge in [-0.2, -0.15) is 0 Å². The third kappa shape index (κ3) is 2.77. The van der Waals surface area contributed by atoms with Gasteiger partial charge in [-0.1, -0.05) is 66.2 Å². The van der Waals surface area contributed by atoms with Crippen LogP contribution in [0.2, 0.25) is 0 Å². The Balaban J connectivity index is 2.31. The van der Waals surface area contributed by atoms with Crippen molar-refractivity contribution in [2.75, 3.05) is 7.11 Å². The molecular formula is C20H19OP. The Hall–Kier alpha value is -2.11. The van der Waals surface area contributed by atoms with E-state index in [9.17, 15) is 0 Å². The molecule has 0 heterocycles. The van der Waals surface area contributed by atoms with Crippen molar-refractivity contribution >= 4 is 14.5 Å². The van der Waals surface area contributed by atoms with Crippen LogP contribution in [0.1, 0.15) is 5.56 Å². The van der Waals surface area contributed by atoms with Gasteiger partial charge in [0.25, 0.3) is 0 Å². The van der Waals surface area contributed by atoms with E-state index in [1.165, 1.54) is 27.6 Å². The molecule has 0 saturated carbocycles. The van der Waals surface area contributed by atoms with Crippen LogP contribution in [0.5, 0.6) is 5.75 Å². The van der Waals surface area contributed by atoms with Crippen molar-refractivity contribution in [3.8, 4) is 28.0 Å². The lowest BCUT2D eigenvalue weighted by molar-refractivity contribution is 0.416. The highest BCUT2D eigenvalue weighted by Crippen LogP contribution is 2.38. The van der Waals surface area contributed by atoms with E-state index in [1.807, 2.05) is 12.1 Å². The van der Waals surface area contributed by atoms with Crippen LogP contribution in [0.4, 0.5) is 0 Å². The van der Waals surface area contributed by atoms with E-state index < -0.39 is 0 Å². The lowest BCUT2D eigenvalue weighted by Crippen LogP contribution is -2.02. The van der Waals surface area contributed by atoms with Crippen molar-refractivity contribution in [1.82, 2.24) is 0 Å². The monoisotopic (exact) mass is 306 g/mol. The van der Waals surface area contributed by atoms with Crippen LogP contribution >= 0.6 is 9.24 Å². The summed E-state index contributed by atoms with van der Waals surface area (Å²) in [6.45, 7) is 2.11. The topological polar surface area (TPSA) is 9.23 Å². The maximum absolute atomic E-state index is 5.63. The van der Waals surface area contributed by atoms with Gasteiger partial charge in [0.05, 0.1) is 7.11 Å². The van der Waals surface area contributed by atoms with Crippen molar-refractivity contribution in [1.29, 1.82) is 0 Å². The number of methoxy groups -OCH3 is 1. The molecule has 0 fully saturated rings. The zero-order valence-corrected chi connectivity index (χ0v) is 14.0. The number of hydrogen-bond acceptors (Lipinski definition) is 1. The van der Waals surface area contributed by atoms with E-state index in [1.54, 1.807) is 7.11 Å². The number of ether oxygens (including phenoxy) is 1. The van der Waals surface area contributed by atoms with Crippen molar-refractivity contribution in [2.24, 2.45) is 0 Å². The van der Waals surface area contributed by atoms with Gasteiger partial charge in [-0.15, -0.1) is 9.24 Å². The second kappa shape index (κ2) is 6.34. The molecule has 0 aliphatic heterocycles. The molecule has 2 heteroatoms. The lowest BCUT2D eigenvalue weighted by atomic mass is 9.93. The van der Waals surface area contributed by atoms with Crippen LogP contribution in [0.25, 0.3) is 22.3 Å². The van der Waals surface area contributed by atoms with Crippen LogP contribution in [0, 0.1) is 6.92 Å². The highest BCUT2D eigenvalue weighted by Gasteiger charge is 2.15. The molecule has 3 rings (SSSR count). The first kappa shape index (κ1) is 14.8. The summed E-state index contributed by atoms with van der Waals surface area (Å²) < 4.78 is 5.63. The molecule has 3 aromatic rings. The maximum atomic E-state index is 5.63. The van der Waals surface area contributed by atoms with E-state index >= 15 is 0 Å². The molecule has 0 amide bonds. The Labute approximate surface area is 134 Å². The summed E-state index contributed by atoms with van der Waals surface area (Å²) >= 11 is 0. The molecule has 0 aromatic heterocycles. The fraction of sp³-hybridized carbons (Fsp3) is 0.100. The summed E-state index contributed by atoms with van der Waals surface area (Å²) in [5.41, 5.74) is 5.97. The van der Waals surface area contributed by atoms with E-state index in [0.29, 0.717) is 0 Å². The van der Waals surface area contributed by atoms with E-state index in [-0.39, 0.29) is 0 Å². The maximum Gasteiger partial charge on any atom is 0.127 e. The molecule has 0 radical (unpaired) electrons. The average molecular weight is 306 g/mol. The standard InChI is InChI=1S/C20H19OP/c1-14-8-10-16(11-9-14)20-18(22)13-12-17(21-2)19(20)15-6-4-3-5-7-15/h3-13H,22H2,1-2H3. The minimum Gasteiger partial charge on any atom is -0.496 e. The average Bonchev–Trinajstić information content (AvgIpc) is 2.56. The predicted octanol–water partition coefficient (Wildman–Crippen LogP) is 4.84. The molecule has 22 heavy (non-hydrogen) atoms. The summed E-state index contributed by atoms with van der Waals surface area (Å²) in [6, 6.07) is 23.2. The minimum atomic E-state index is 0.896. The molecule has 3 aromatic carbocycles. The third-order valence-electron chi connectivity index (χ3n) is 3.82. The highest BCUT2D eigenvalue weighted by molar-refractivity contribution is 7.28. The van der Waals surface area contributed by atoms with Crippen molar-refractivity contribution in [2.45, 2.75) is 6.92 Å². The Morgan fingerprint density at radius 2 is 1.36 bits per heavy atom. The van der Waals surface area contributed by atoms with Crippen LogP contribution in [-0.2, 0) is 0 Å². The fourth-order valence-corrected chi connectivity index (χ4v) is 3.10. The SMILES string of the molecule is COc1ccc(P)c(-c2ccc(C)cc2)c1-c1ccccc1. The Bertz CT molecular complexity index is 777. The van der Waals surface area contributed by atoms with Gasteiger partial charge in [-0.25, -0.2) is 0 Å². The summed E-state index contributed by atoms with van der Waals surface area (Å²) in [4.78, 5) is 0. The molecule has 0 aliphatic carbocycles. The van der Waals surface area contributed by atoms with E-state index in [2.05, 4.69) is 70.8 Å². The van der Waals surface area contributed by atoms with Gasteiger partial charge in [0.2, 0.25) is 0 Å². The summed E-state index contributed by atoms with van der Waals surface area (Å²) in [5, 5.41) is 1.17. The smallest absolute Gasteiger partial charge is 0.127 e. The summed E-state index contributed by atoms with van der Waals surface area (Å²) in [7, 11) is 4.57. The first-order valence-electron chi connectivity index (χ1n) is 7.29. The van der Waals surface area contributed by atoms with Gasteiger partial charge in [-0.3, -0.25) is 0 Å². The van der Waals surface area contributed by atoms with Crippen LogP contribution in [0.3, 0.4) is 0 Å². The Morgan fingerprint density at radius 1 is 0.727 bits per heavy atom. The largest absolute Gasteiger partial charge is 0.496 e. The van der Waals surface area contributed by atoms with Crippen molar-refractivity contribution < 1.29 is 4.74 Å². The van der Waals surface area contributed by atoms with Gasteiger partial charge in [0, 0.05) is 11.1 Å². The summed E-state index contributed by atoms with van der Waals surface area (Å²) in [5.74, 6) is 0.896. The minimum absolute atomic E-state index is 0.896. The van der Waals surface area contributed by atoms with Gasteiger partial charge in [-0.05, 0) is 29.4 Å². The summed E-state index contributed by atoms with van der Waals surface area (Å²) in [6.07, 6.45) is 0. The predicted molar refractivity (Wildman–Crippen MR) is 97.9 cm³/mol. The number of rotatable bonds is 3.